The van der Waals surface area contributed by atoms with Gasteiger partial charge < -0.3 is 94.3 Å². The minimum Gasteiger partial charge on any atom is -0.481 e. The molecule has 0 aromatic heterocycles. The number of carboxylic acid groups (broad SMARTS) is 3. The predicted molar refractivity (Wildman–Crippen MR) is 471 cm³/mol. The number of hydrogen-bond donors (Lipinski definition) is 8. The number of aliphatic hydroxyl groups is 2. The van der Waals surface area contributed by atoms with E-state index in [4.69, 9.17) is 53.8 Å². The van der Waals surface area contributed by atoms with E-state index in [1.54, 1.807) is 45.2 Å². The van der Waals surface area contributed by atoms with Crippen LogP contribution in [0.25, 0.3) is 0 Å². The van der Waals surface area contributed by atoms with Crippen molar-refractivity contribution in [3.8, 4) is 0 Å². The van der Waals surface area contributed by atoms with Gasteiger partial charge in [0.05, 0.1) is 115 Å². The fraction of sp³-hybridized carbons (Fsp3) is 0.717. The van der Waals surface area contributed by atoms with Crippen LogP contribution < -0.4 is 26.2 Å². The smallest absolute Gasteiger partial charge is 0.317 e. The molecule has 0 aliphatic carbocycles. The highest BCUT2D eigenvalue weighted by molar-refractivity contribution is 6.05. The molecule has 3 aliphatic rings. The molecular weight excluding hydrogens is 1640 g/mol. The van der Waals surface area contributed by atoms with Crippen LogP contribution in [0, 0.1) is 76.9 Å². The van der Waals surface area contributed by atoms with Crippen molar-refractivity contribution in [3.05, 3.63) is 59.7 Å². The van der Waals surface area contributed by atoms with E-state index in [0.29, 0.717) is 68.9 Å². The minimum absolute atomic E-state index is 0.000691. The lowest BCUT2D eigenvalue weighted by atomic mass is 9.75. The number of carbonyl (C=O) groups excluding carboxylic acids is 11. The molecule has 5 rings (SSSR count). The van der Waals surface area contributed by atoms with Gasteiger partial charge >= 0.3 is 53.7 Å². The van der Waals surface area contributed by atoms with Gasteiger partial charge in [-0.3, -0.25) is 72.0 Å². The number of nitrogens with one attached hydrogen (secondary N) is 2. The van der Waals surface area contributed by atoms with Crippen LogP contribution >= 0.6 is 0 Å². The highest BCUT2D eigenvalue weighted by Crippen LogP contribution is 2.41. The van der Waals surface area contributed by atoms with Crippen LogP contribution in [0.2, 0.25) is 0 Å². The summed E-state index contributed by atoms with van der Waals surface area (Å²) < 4.78 is 48.9. The van der Waals surface area contributed by atoms with Crippen molar-refractivity contribution >= 4 is 94.5 Å². The van der Waals surface area contributed by atoms with E-state index in [-0.39, 0.29) is 127 Å². The summed E-state index contributed by atoms with van der Waals surface area (Å²) in [6.45, 7) is 19.0. The average Bonchev–Trinajstić information content (AvgIpc) is 1.64. The van der Waals surface area contributed by atoms with E-state index < -0.39 is 167 Å². The number of Topliss-reactive ketones (excluding diaryl/α,β-unsaturated/α-hetero) is 1. The lowest BCUT2D eigenvalue weighted by Crippen LogP contribution is -2.47. The van der Waals surface area contributed by atoms with Crippen molar-refractivity contribution in [1.29, 1.82) is 0 Å². The van der Waals surface area contributed by atoms with Gasteiger partial charge in [-0.25, -0.2) is 0 Å². The molecule has 34 nitrogen and oxygen atoms in total. The maximum absolute atomic E-state index is 14.7. The SMILES string of the molecule is CCC(CC1C(=O)OC(=O)C1C)OC.CCCCN.CCCCNC(=O)C(C(CC1C(=O)N(CCCC)C(=O)C1CC(CCC(C(=O)O)C(C(=O)OCCNC(=O)c1ccc(N(C)C)cc1)C(CC)CC)OC)OC)C(CCC(OC)C(C(=O)OCC)C(CCC(CC1C(=O)OC(=O)C1C)OC)C(=O)O)C(=O)O.CCO.CN(C)c1ccc(C(=O)CCCO)cc1. The fourth-order valence-electron chi connectivity index (χ4n) is 15.6. The maximum Gasteiger partial charge on any atom is 0.317 e. The normalized spacial score (nSPS) is 19.1. The number of ether oxygens (including phenoxy) is 9. The van der Waals surface area contributed by atoms with Gasteiger partial charge in [-0.1, -0.05) is 87.5 Å². The van der Waals surface area contributed by atoms with Crippen LogP contribution in [-0.4, -0.2) is 260 Å². The number of unbranched alkanes of at least 4 members (excludes halogenated alkanes) is 3. The Morgan fingerprint density at radius 2 is 0.905 bits per heavy atom. The Bertz CT molecular complexity index is 3610. The Hall–Kier alpha value is -8.90. The first-order valence-electron chi connectivity index (χ1n) is 44.5. The van der Waals surface area contributed by atoms with Gasteiger partial charge in [0.15, 0.2) is 5.78 Å². The largest absolute Gasteiger partial charge is 0.481 e. The number of benzene rings is 2. The molecular formula is C92H150N6O28. The van der Waals surface area contributed by atoms with Gasteiger partial charge in [-0.2, -0.15) is 0 Å². The van der Waals surface area contributed by atoms with E-state index in [2.05, 4.69) is 22.3 Å². The van der Waals surface area contributed by atoms with Gasteiger partial charge in [0.2, 0.25) is 17.7 Å². The second-order valence-electron chi connectivity index (χ2n) is 32.3. The van der Waals surface area contributed by atoms with E-state index in [9.17, 15) is 82.4 Å². The van der Waals surface area contributed by atoms with Gasteiger partial charge in [0.1, 0.15) is 6.61 Å². The van der Waals surface area contributed by atoms with Crippen LogP contribution in [0.3, 0.4) is 0 Å². The minimum atomic E-state index is -1.62. The van der Waals surface area contributed by atoms with Crippen molar-refractivity contribution in [2.75, 3.05) is 126 Å². The quantitative estimate of drug-likeness (QED) is 0.00762. The van der Waals surface area contributed by atoms with Gasteiger partial charge in [-0.15, -0.1) is 0 Å². The predicted octanol–water partition coefficient (Wildman–Crippen LogP) is 9.79. The highest BCUT2D eigenvalue weighted by Gasteiger charge is 2.53. The van der Waals surface area contributed by atoms with Crippen LogP contribution in [0.4, 0.5) is 11.4 Å². The molecule has 3 aliphatic heterocycles. The number of imide groups is 1. The number of anilines is 2. The van der Waals surface area contributed by atoms with Crippen LogP contribution in [0.1, 0.15) is 225 Å². The first-order chi connectivity index (χ1) is 59.9. The summed E-state index contributed by atoms with van der Waals surface area (Å²) in [5, 5.41) is 54.3. The molecule has 4 amide bonds. The lowest BCUT2D eigenvalue weighted by molar-refractivity contribution is -0.165. The lowest BCUT2D eigenvalue weighted by Gasteiger charge is -2.34. The zero-order valence-corrected chi connectivity index (χ0v) is 78.1. The zero-order chi connectivity index (χ0) is 95.5. The molecule has 3 heterocycles. The third kappa shape index (κ3) is 37.8. The number of cyclic esters (lactones) is 4. The number of rotatable bonds is 56. The summed E-state index contributed by atoms with van der Waals surface area (Å²) >= 11 is 0. The summed E-state index contributed by atoms with van der Waals surface area (Å²) in [4.78, 5) is 188. The number of nitrogens with two attached hydrogens (primary N) is 1. The number of likely N-dealkylation sites (tertiary alicyclic amines) is 1. The molecule has 2 aromatic carbocycles. The van der Waals surface area contributed by atoms with Crippen molar-refractivity contribution in [2.45, 2.75) is 235 Å². The van der Waals surface area contributed by atoms with E-state index in [1.807, 2.05) is 96.9 Å². The van der Waals surface area contributed by atoms with Crippen LogP contribution in [0.5, 0.6) is 0 Å². The van der Waals surface area contributed by atoms with Gasteiger partial charge in [0, 0.05) is 119 Å². The third-order valence-corrected chi connectivity index (χ3v) is 23.5. The topological polar surface area (TPSA) is 483 Å². The summed E-state index contributed by atoms with van der Waals surface area (Å²) in [6, 6.07) is 14.4. The number of ketones is 1. The number of methoxy groups -OCH3 is 5. The molecule has 3 fully saturated rings. The summed E-state index contributed by atoms with van der Waals surface area (Å²) in [5.41, 5.74) is 8.23. The number of carbonyl (C=O) groups is 14. The van der Waals surface area contributed by atoms with E-state index >= 15 is 0 Å². The second kappa shape index (κ2) is 63.1. The molecule has 2 aromatic rings. The summed E-state index contributed by atoms with van der Waals surface area (Å²) in [5.74, 6) is -23.8. The third-order valence-electron chi connectivity index (χ3n) is 23.5. The number of aliphatic hydroxyl groups excluding tert-OH is 2. The molecule has 0 saturated carbocycles. The van der Waals surface area contributed by atoms with Crippen molar-refractivity contribution in [1.82, 2.24) is 15.5 Å². The molecule has 17 unspecified atom stereocenters. The second-order valence-corrected chi connectivity index (χ2v) is 32.3. The first-order valence-corrected chi connectivity index (χ1v) is 44.5. The van der Waals surface area contributed by atoms with E-state index in [1.165, 1.54) is 55.1 Å². The molecule has 0 spiro atoms. The number of aliphatic carboxylic acids is 3. The first kappa shape index (κ1) is 115. The Kier molecular flexibility index (Phi) is 57.7. The maximum atomic E-state index is 14.7. The van der Waals surface area contributed by atoms with Crippen LogP contribution in [-0.2, 0) is 100 Å². The summed E-state index contributed by atoms with van der Waals surface area (Å²) in [7, 11) is 14.5. The number of amides is 4. The Labute approximate surface area is 745 Å². The number of hydrogen-bond acceptors (Lipinski definition) is 28. The molecule has 17 atom stereocenters. The molecule has 0 bridgehead atoms. The van der Waals surface area contributed by atoms with E-state index in [0.717, 1.165) is 29.2 Å². The van der Waals surface area contributed by atoms with Crippen LogP contribution in [0.15, 0.2) is 48.5 Å². The van der Waals surface area contributed by atoms with Gasteiger partial charge in [-0.05, 0) is 171 Å². The molecule has 0 radical (unpaired) electrons. The van der Waals surface area contributed by atoms with Gasteiger partial charge in [0.25, 0.3) is 5.91 Å². The standard InChI is InChI=1S/C64H100N4O21.C12H17NO2.C10H16O4.C4H11N.C2H6O/c1-13-18-30-65-55(70)52(44(59(75)76)28-29-49(85-11)53(64(82)87-17-5)45(60(77)78)27-25-41(83-9)34-46-37(6)61(79)89-62(46)80)50(86-12)36-48-47(56(71)68(57(48)72)32-19-14-2)35-42(84-10)24-26-43(58(73)74)51(38(15-3)16-4)63(81)88-33-31-66-54(69)39-20-22-40(23-21-39)67(7)8;1-13(2)11-7-5-10(6-8-11)12(15)4-3-9-14;1-4-7(13-3)5-8-6(2)9(11)14-10(8)12;1-2-3-4-5;1-2-3/h20-23,37-38,41-53H,13-19,24-36H2,1-12H3,(H,65,70)(H,66,69)(H,73,74)(H,75,76)(H,77,78);5-8,14H,3-4,9H2,1-2H3;6-8H,4-5H2,1-3H3;2-5H2,1H3;3H,2H2,1H3. The number of nitrogens with zero attached hydrogens (tertiary/aromatic N) is 3. The average molecular weight is 1790 g/mol. The molecule has 34 heteroatoms. The fourth-order valence-corrected chi connectivity index (χ4v) is 15.6. The zero-order valence-electron chi connectivity index (χ0n) is 78.1. The van der Waals surface area contributed by atoms with Crippen molar-refractivity contribution in [3.63, 3.8) is 0 Å². The molecule has 3 saturated heterocycles. The van der Waals surface area contributed by atoms with Crippen molar-refractivity contribution < 1.29 is 135 Å². The highest BCUT2D eigenvalue weighted by atomic mass is 16.6. The Morgan fingerprint density at radius 1 is 0.476 bits per heavy atom. The number of esters is 6. The number of carboxylic acids is 3. The molecule has 9 N–H and O–H groups in total. The molecule has 716 valence electrons. The van der Waals surface area contributed by atoms with Crippen molar-refractivity contribution in [2.24, 2.45) is 82.7 Å². The Morgan fingerprint density at radius 3 is 1.29 bits per heavy atom. The Balaban J connectivity index is 0.00000174. The molecule has 126 heavy (non-hydrogen) atoms. The summed E-state index contributed by atoms with van der Waals surface area (Å²) in [6.07, 6.45) is 2.19. The monoisotopic (exact) mass is 1790 g/mol.